The highest BCUT2D eigenvalue weighted by Gasteiger charge is 2.56. The Hall–Kier alpha value is -1.17. The summed E-state index contributed by atoms with van der Waals surface area (Å²) in [7, 11) is -3.02. The van der Waals surface area contributed by atoms with E-state index in [2.05, 4.69) is 15.3 Å². The number of hydrogen-bond donors (Lipinski definition) is 1. The van der Waals surface area contributed by atoms with Gasteiger partial charge in [-0.3, -0.25) is 4.98 Å². The molecular weight excluding hydrogens is 226 g/mol. The highest BCUT2D eigenvalue weighted by atomic mass is 32.2. The Balaban J connectivity index is 2.13. The normalized spacial score (nSPS) is 20.1. The molecule has 0 aromatic carbocycles. The van der Waals surface area contributed by atoms with Gasteiger partial charge in [0.05, 0.1) is 10.9 Å². The largest absolute Gasteiger partial charge is 0.365 e. The van der Waals surface area contributed by atoms with E-state index in [0.29, 0.717) is 5.82 Å². The molecule has 88 valence electrons. The molecule has 0 spiro atoms. The number of nitrogens with one attached hydrogen (secondary N) is 1. The smallest absolute Gasteiger partial charge is 0.155 e. The Bertz CT molecular complexity index is 468. The molecule has 16 heavy (non-hydrogen) atoms. The summed E-state index contributed by atoms with van der Waals surface area (Å²) >= 11 is 0. The zero-order valence-electron chi connectivity index (χ0n) is 9.34. The van der Waals surface area contributed by atoms with Gasteiger partial charge in [-0.05, 0) is 19.8 Å². The van der Waals surface area contributed by atoms with E-state index in [1.165, 1.54) is 6.26 Å². The molecule has 1 aromatic rings. The molecule has 6 heteroatoms. The third kappa shape index (κ3) is 1.89. The SMILES string of the molecule is CC(Nc1cnccn1)C1(S(C)(=O)=O)CC1. The second-order valence-corrected chi connectivity index (χ2v) is 6.65. The zero-order valence-corrected chi connectivity index (χ0v) is 10.2. The Morgan fingerprint density at radius 1 is 1.44 bits per heavy atom. The molecule has 1 fully saturated rings. The Labute approximate surface area is 95.2 Å². The molecule has 0 radical (unpaired) electrons. The lowest BCUT2D eigenvalue weighted by Gasteiger charge is -2.23. The van der Waals surface area contributed by atoms with E-state index in [1.807, 2.05) is 6.92 Å². The lowest BCUT2D eigenvalue weighted by molar-refractivity contribution is 0.568. The Morgan fingerprint density at radius 3 is 2.56 bits per heavy atom. The van der Waals surface area contributed by atoms with Crippen molar-refractivity contribution >= 4 is 15.7 Å². The average molecular weight is 241 g/mol. The lowest BCUT2D eigenvalue weighted by Crippen LogP contribution is -2.39. The summed E-state index contributed by atoms with van der Waals surface area (Å²) in [5, 5.41) is 3.10. The number of anilines is 1. The second-order valence-electron chi connectivity index (χ2n) is 4.29. The molecule has 1 unspecified atom stereocenters. The predicted molar refractivity (Wildman–Crippen MR) is 61.9 cm³/mol. The fourth-order valence-electron chi connectivity index (χ4n) is 1.98. The van der Waals surface area contributed by atoms with Crippen LogP contribution in [0, 0.1) is 0 Å². The van der Waals surface area contributed by atoms with Crippen LogP contribution in [0.15, 0.2) is 18.6 Å². The number of aromatic nitrogens is 2. The summed E-state index contributed by atoms with van der Waals surface area (Å²) in [4.78, 5) is 8.00. The standard InChI is InChI=1S/C10H15N3O2S/c1-8(10(3-4-10)16(2,14)15)13-9-7-11-5-6-12-9/h5-8H,3-4H2,1-2H3,(H,12,13). The minimum absolute atomic E-state index is 0.140. The molecule has 1 heterocycles. The molecule has 1 aromatic heterocycles. The monoisotopic (exact) mass is 241 g/mol. The molecule has 0 saturated heterocycles. The van der Waals surface area contributed by atoms with E-state index >= 15 is 0 Å². The molecule has 1 N–H and O–H groups in total. The van der Waals surface area contributed by atoms with Gasteiger partial charge in [-0.2, -0.15) is 0 Å². The topological polar surface area (TPSA) is 72.0 Å². The van der Waals surface area contributed by atoms with Crippen LogP contribution in [0.2, 0.25) is 0 Å². The molecule has 1 aliphatic rings. The van der Waals surface area contributed by atoms with Gasteiger partial charge in [-0.1, -0.05) is 0 Å². The van der Waals surface area contributed by atoms with Gasteiger partial charge < -0.3 is 5.32 Å². The zero-order chi connectivity index (χ0) is 11.8. The maximum atomic E-state index is 11.7. The Kier molecular flexibility index (Phi) is 2.61. The van der Waals surface area contributed by atoms with Crippen LogP contribution in [0.3, 0.4) is 0 Å². The van der Waals surface area contributed by atoms with E-state index in [4.69, 9.17) is 0 Å². The summed E-state index contributed by atoms with van der Waals surface area (Å²) < 4.78 is 22.7. The fourth-order valence-corrected chi connectivity index (χ4v) is 3.52. The first-order valence-corrected chi connectivity index (χ1v) is 7.07. The quantitative estimate of drug-likeness (QED) is 0.846. The van der Waals surface area contributed by atoms with E-state index in [0.717, 1.165) is 12.8 Å². The second kappa shape index (κ2) is 3.69. The third-order valence-electron chi connectivity index (χ3n) is 3.20. The van der Waals surface area contributed by atoms with Gasteiger partial charge in [0.15, 0.2) is 9.84 Å². The minimum Gasteiger partial charge on any atom is -0.365 e. The summed E-state index contributed by atoms with van der Waals surface area (Å²) in [5.41, 5.74) is 0. The highest BCUT2D eigenvalue weighted by molar-refractivity contribution is 7.92. The molecular formula is C10H15N3O2S. The summed E-state index contributed by atoms with van der Waals surface area (Å²) in [6.07, 6.45) is 7.50. The van der Waals surface area contributed by atoms with Crippen molar-refractivity contribution < 1.29 is 8.42 Å². The molecule has 1 atom stereocenters. The van der Waals surface area contributed by atoms with Crippen LogP contribution >= 0.6 is 0 Å². The van der Waals surface area contributed by atoms with Crippen LogP contribution in [0.5, 0.6) is 0 Å². The highest BCUT2D eigenvalue weighted by Crippen LogP contribution is 2.46. The first kappa shape index (κ1) is 11.3. The molecule has 0 aliphatic heterocycles. The lowest BCUT2D eigenvalue weighted by atomic mass is 10.2. The van der Waals surface area contributed by atoms with E-state index in [1.54, 1.807) is 18.6 Å². The van der Waals surface area contributed by atoms with Gasteiger partial charge in [0.25, 0.3) is 0 Å². The van der Waals surface area contributed by atoms with Crippen molar-refractivity contribution in [1.29, 1.82) is 0 Å². The summed E-state index contributed by atoms with van der Waals surface area (Å²) in [6.45, 7) is 1.88. The van der Waals surface area contributed by atoms with E-state index in [-0.39, 0.29) is 6.04 Å². The molecule has 0 amide bonds. The first-order chi connectivity index (χ1) is 7.46. The molecule has 5 nitrogen and oxygen atoms in total. The van der Waals surface area contributed by atoms with Crippen molar-refractivity contribution in [1.82, 2.24) is 9.97 Å². The van der Waals surface area contributed by atoms with Gasteiger partial charge in [0.1, 0.15) is 5.82 Å². The van der Waals surface area contributed by atoms with Crippen LogP contribution in [0.1, 0.15) is 19.8 Å². The van der Waals surface area contributed by atoms with Crippen LogP contribution < -0.4 is 5.32 Å². The van der Waals surface area contributed by atoms with Crippen molar-refractivity contribution in [2.45, 2.75) is 30.6 Å². The average Bonchev–Trinajstić information content (AvgIpc) is 2.98. The number of rotatable bonds is 4. The van der Waals surface area contributed by atoms with Crippen LogP contribution in [0.4, 0.5) is 5.82 Å². The van der Waals surface area contributed by atoms with E-state index < -0.39 is 14.6 Å². The fraction of sp³-hybridized carbons (Fsp3) is 0.600. The summed E-state index contributed by atoms with van der Waals surface area (Å²) in [6, 6.07) is -0.140. The van der Waals surface area contributed by atoms with Gasteiger partial charge in [0, 0.05) is 24.7 Å². The molecule has 1 aliphatic carbocycles. The minimum atomic E-state index is -3.02. The van der Waals surface area contributed by atoms with Gasteiger partial charge in [0.2, 0.25) is 0 Å². The third-order valence-corrected chi connectivity index (χ3v) is 5.44. The predicted octanol–water partition coefficient (Wildman–Crippen LogP) is 0.854. The van der Waals surface area contributed by atoms with Crippen molar-refractivity contribution in [2.75, 3.05) is 11.6 Å². The van der Waals surface area contributed by atoms with Crippen molar-refractivity contribution in [2.24, 2.45) is 0 Å². The molecule has 0 bridgehead atoms. The van der Waals surface area contributed by atoms with Crippen molar-refractivity contribution in [3.8, 4) is 0 Å². The van der Waals surface area contributed by atoms with Gasteiger partial charge in [-0.15, -0.1) is 0 Å². The number of nitrogens with zero attached hydrogens (tertiary/aromatic N) is 2. The maximum absolute atomic E-state index is 11.7. The maximum Gasteiger partial charge on any atom is 0.155 e. The van der Waals surface area contributed by atoms with Crippen LogP contribution in [-0.4, -0.2) is 35.4 Å². The molecule has 1 saturated carbocycles. The summed E-state index contributed by atoms with van der Waals surface area (Å²) in [5.74, 6) is 0.616. The number of sulfone groups is 1. The number of hydrogen-bond acceptors (Lipinski definition) is 5. The van der Waals surface area contributed by atoms with Crippen LogP contribution in [-0.2, 0) is 9.84 Å². The first-order valence-electron chi connectivity index (χ1n) is 5.18. The van der Waals surface area contributed by atoms with Crippen LogP contribution in [0.25, 0.3) is 0 Å². The van der Waals surface area contributed by atoms with Crippen molar-refractivity contribution in [3.05, 3.63) is 18.6 Å². The van der Waals surface area contributed by atoms with Crippen molar-refractivity contribution in [3.63, 3.8) is 0 Å². The Morgan fingerprint density at radius 2 is 2.12 bits per heavy atom. The van der Waals surface area contributed by atoms with Gasteiger partial charge in [-0.25, -0.2) is 13.4 Å². The van der Waals surface area contributed by atoms with Gasteiger partial charge >= 0.3 is 0 Å². The van der Waals surface area contributed by atoms with E-state index in [9.17, 15) is 8.42 Å². The molecule has 2 rings (SSSR count).